The van der Waals surface area contributed by atoms with Gasteiger partial charge in [-0.15, -0.1) is 0 Å². The van der Waals surface area contributed by atoms with Gasteiger partial charge in [0.15, 0.2) is 5.82 Å². The number of para-hydroxylation sites is 1. The summed E-state index contributed by atoms with van der Waals surface area (Å²) in [6.45, 7) is 0. The van der Waals surface area contributed by atoms with E-state index in [2.05, 4.69) is 124 Å². The van der Waals surface area contributed by atoms with Crippen molar-refractivity contribution < 1.29 is 0 Å². The first-order valence-corrected chi connectivity index (χ1v) is 17.7. The van der Waals surface area contributed by atoms with Crippen LogP contribution in [0.5, 0.6) is 0 Å². The van der Waals surface area contributed by atoms with Crippen molar-refractivity contribution in [2.24, 2.45) is 4.99 Å². The van der Waals surface area contributed by atoms with Crippen LogP contribution in [0.2, 0.25) is 0 Å². The fraction of sp³-hybridized carbons (Fsp3) is 0.0435. The molecule has 2 unspecified atom stereocenters. The maximum absolute atomic E-state index is 5.44. The van der Waals surface area contributed by atoms with Gasteiger partial charge < -0.3 is 0 Å². The Kier molecular flexibility index (Phi) is 7.46. The van der Waals surface area contributed by atoms with Crippen molar-refractivity contribution in [2.75, 3.05) is 0 Å². The Morgan fingerprint density at radius 1 is 0.509 bits per heavy atom. The molecule has 4 aromatic heterocycles. The van der Waals surface area contributed by atoms with Crippen LogP contribution in [-0.4, -0.2) is 41.2 Å². The smallest absolute Gasteiger partial charge is 0.160 e. The summed E-state index contributed by atoms with van der Waals surface area (Å²) >= 11 is 0. The van der Waals surface area contributed by atoms with Gasteiger partial charge in [-0.25, -0.2) is 15.0 Å². The molecule has 0 fully saturated rings. The van der Waals surface area contributed by atoms with E-state index in [0.29, 0.717) is 5.82 Å². The van der Waals surface area contributed by atoms with Crippen molar-refractivity contribution in [3.8, 4) is 51.2 Å². The first kappa shape index (κ1) is 30.7. The lowest BCUT2D eigenvalue weighted by Gasteiger charge is -2.30. The first-order valence-electron chi connectivity index (χ1n) is 17.7. The molecule has 2 atom stereocenters. The SMILES string of the molecule is C1=CC2N=C(c3ccc(-c4nc(-c5ccccn5)cc(-c5ccccn5)n4)cc3)c3c(ccc4c3nc(-c3ccccc3)n4-c3ccccc3)C2C=C1. The standard InChI is InChI=1S/C46H31N7/c1-3-13-32(14-4-1)46-52-44-41(53(46)33-15-5-2-6-16-33)26-25-35-34-17-7-8-18-36(34)49-43(42(35)44)30-21-23-31(24-22-30)45-50-39(37-19-9-11-27-47-37)29-40(51-45)38-20-10-12-28-48-38/h1-29,34,36H. The van der Waals surface area contributed by atoms with E-state index in [-0.39, 0.29) is 12.0 Å². The maximum atomic E-state index is 5.44. The van der Waals surface area contributed by atoms with Gasteiger partial charge in [-0.05, 0) is 54.1 Å². The Balaban J connectivity index is 1.13. The van der Waals surface area contributed by atoms with Gasteiger partial charge in [0.25, 0.3) is 0 Å². The Morgan fingerprint density at radius 2 is 1.15 bits per heavy atom. The molecule has 5 heterocycles. The summed E-state index contributed by atoms with van der Waals surface area (Å²) in [5.74, 6) is 1.62. The fourth-order valence-electron chi connectivity index (χ4n) is 7.39. The Morgan fingerprint density at radius 3 is 1.83 bits per heavy atom. The molecule has 0 saturated heterocycles. The highest BCUT2D eigenvalue weighted by Crippen LogP contribution is 2.41. The molecule has 2 aliphatic rings. The van der Waals surface area contributed by atoms with Crippen LogP contribution in [0.15, 0.2) is 181 Å². The van der Waals surface area contributed by atoms with Gasteiger partial charge in [0, 0.05) is 46.3 Å². The third kappa shape index (κ3) is 5.47. The van der Waals surface area contributed by atoms with Gasteiger partial charge in [0.2, 0.25) is 0 Å². The fourth-order valence-corrected chi connectivity index (χ4v) is 7.39. The number of aliphatic imine (C=N–C) groups is 1. The quantitative estimate of drug-likeness (QED) is 0.175. The number of rotatable bonds is 6. The number of benzene rings is 4. The zero-order chi connectivity index (χ0) is 35.1. The normalized spacial score (nSPS) is 15.9. The summed E-state index contributed by atoms with van der Waals surface area (Å²) in [7, 11) is 0. The summed E-state index contributed by atoms with van der Waals surface area (Å²) in [5, 5.41) is 0. The average Bonchev–Trinajstić information content (AvgIpc) is 3.65. The van der Waals surface area contributed by atoms with Gasteiger partial charge in [-0.2, -0.15) is 0 Å². The van der Waals surface area contributed by atoms with E-state index in [4.69, 9.17) is 19.9 Å². The lowest BCUT2D eigenvalue weighted by molar-refractivity contribution is 0.704. The number of aromatic nitrogens is 6. The predicted octanol–water partition coefficient (Wildman–Crippen LogP) is 9.70. The molecule has 7 heteroatoms. The molecular weight excluding hydrogens is 651 g/mol. The molecule has 1 aliphatic carbocycles. The van der Waals surface area contributed by atoms with Crippen LogP contribution in [0, 0.1) is 0 Å². The monoisotopic (exact) mass is 681 g/mol. The summed E-state index contributed by atoms with van der Waals surface area (Å²) < 4.78 is 2.26. The van der Waals surface area contributed by atoms with Gasteiger partial charge in [0.05, 0.1) is 45.6 Å². The molecule has 0 bridgehead atoms. The molecule has 10 rings (SSSR count). The molecule has 8 aromatic rings. The van der Waals surface area contributed by atoms with Crippen LogP contribution in [0.4, 0.5) is 0 Å². The Bertz CT molecular complexity index is 2640. The minimum absolute atomic E-state index is 0.0104. The maximum Gasteiger partial charge on any atom is 0.160 e. The van der Waals surface area contributed by atoms with Crippen LogP contribution in [0.25, 0.3) is 62.3 Å². The molecule has 7 nitrogen and oxygen atoms in total. The summed E-state index contributed by atoms with van der Waals surface area (Å²) in [4.78, 5) is 30.0. The summed E-state index contributed by atoms with van der Waals surface area (Å²) in [5.41, 5.74) is 12.2. The molecule has 0 amide bonds. The molecule has 0 N–H and O–H groups in total. The van der Waals surface area contributed by atoms with Crippen molar-refractivity contribution in [1.82, 2.24) is 29.5 Å². The van der Waals surface area contributed by atoms with E-state index in [0.717, 1.165) is 73.3 Å². The van der Waals surface area contributed by atoms with Crippen LogP contribution in [0.1, 0.15) is 22.6 Å². The molecule has 250 valence electrons. The van der Waals surface area contributed by atoms with E-state index in [1.165, 1.54) is 5.56 Å². The van der Waals surface area contributed by atoms with Crippen molar-refractivity contribution in [3.05, 3.63) is 193 Å². The van der Waals surface area contributed by atoms with Crippen LogP contribution < -0.4 is 0 Å². The second kappa shape index (κ2) is 12.9. The molecule has 0 spiro atoms. The average molecular weight is 682 g/mol. The minimum Gasteiger partial charge on any atom is -0.292 e. The zero-order valence-electron chi connectivity index (χ0n) is 28.5. The van der Waals surface area contributed by atoms with Crippen molar-refractivity contribution >= 4 is 16.7 Å². The van der Waals surface area contributed by atoms with Gasteiger partial charge >= 0.3 is 0 Å². The summed E-state index contributed by atoms with van der Waals surface area (Å²) in [6.07, 6.45) is 12.2. The van der Waals surface area contributed by atoms with E-state index in [9.17, 15) is 0 Å². The molecule has 4 aromatic carbocycles. The largest absolute Gasteiger partial charge is 0.292 e. The van der Waals surface area contributed by atoms with E-state index in [1.54, 1.807) is 12.4 Å². The number of hydrogen-bond donors (Lipinski definition) is 0. The highest BCUT2D eigenvalue weighted by Gasteiger charge is 2.33. The predicted molar refractivity (Wildman–Crippen MR) is 211 cm³/mol. The van der Waals surface area contributed by atoms with Gasteiger partial charge in [0.1, 0.15) is 5.82 Å². The topological polar surface area (TPSA) is 81.7 Å². The Labute approximate surface area is 306 Å². The molecule has 53 heavy (non-hydrogen) atoms. The highest BCUT2D eigenvalue weighted by molar-refractivity contribution is 6.20. The number of hydrogen-bond acceptors (Lipinski definition) is 6. The van der Waals surface area contributed by atoms with E-state index in [1.807, 2.05) is 54.6 Å². The van der Waals surface area contributed by atoms with Crippen LogP contribution in [-0.2, 0) is 0 Å². The first-order chi connectivity index (χ1) is 26.3. The molecular formula is C46H31N7. The second-order valence-corrected chi connectivity index (χ2v) is 13.1. The molecule has 0 radical (unpaired) electrons. The van der Waals surface area contributed by atoms with E-state index >= 15 is 0 Å². The third-order valence-electron chi connectivity index (χ3n) is 9.88. The number of fused-ring (bicyclic) bond motifs is 5. The third-order valence-corrected chi connectivity index (χ3v) is 9.88. The molecule has 1 aliphatic heterocycles. The minimum atomic E-state index is -0.0104. The Hall–Kier alpha value is -7.12. The second-order valence-electron chi connectivity index (χ2n) is 13.1. The van der Waals surface area contributed by atoms with Crippen molar-refractivity contribution in [3.63, 3.8) is 0 Å². The van der Waals surface area contributed by atoms with Crippen LogP contribution in [0.3, 0.4) is 0 Å². The van der Waals surface area contributed by atoms with Gasteiger partial charge in [-0.3, -0.25) is 19.5 Å². The number of imidazole rings is 1. The number of nitrogens with zero attached hydrogens (tertiary/aromatic N) is 7. The number of pyridine rings is 2. The summed E-state index contributed by atoms with van der Waals surface area (Å²) in [6, 6.07) is 47.4. The lowest BCUT2D eigenvalue weighted by Crippen LogP contribution is -2.26. The zero-order valence-corrected chi connectivity index (χ0v) is 28.5. The van der Waals surface area contributed by atoms with Gasteiger partial charge in [-0.1, -0.05) is 115 Å². The molecule has 0 saturated carbocycles. The highest BCUT2D eigenvalue weighted by atomic mass is 15.1. The van der Waals surface area contributed by atoms with Crippen molar-refractivity contribution in [1.29, 1.82) is 0 Å². The number of allylic oxidation sites excluding steroid dienone is 2. The van der Waals surface area contributed by atoms with Crippen LogP contribution >= 0.6 is 0 Å². The van der Waals surface area contributed by atoms with E-state index < -0.39 is 0 Å². The lowest BCUT2D eigenvalue weighted by atomic mass is 9.80. The van der Waals surface area contributed by atoms with Crippen molar-refractivity contribution in [2.45, 2.75) is 12.0 Å².